The van der Waals surface area contributed by atoms with Gasteiger partial charge in [-0.25, -0.2) is 0 Å². The maximum Gasteiger partial charge on any atom is 0.258 e. The zero-order chi connectivity index (χ0) is 20.8. The van der Waals surface area contributed by atoms with Gasteiger partial charge in [-0.3, -0.25) is 4.79 Å². The van der Waals surface area contributed by atoms with E-state index in [1.807, 2.05) is 42.2 Å². The lowest BCUT2D eigenvalue weighted by molar-refractivity contribution is 0.0961. The average molecular weight is 523 g/mol. The molecule has 0 unspecified atom stereocenters. The lowest BCUT2D eigenvalue weighted by atomic mass is 9.75. The molecule has 1 aliphatic carbocycles. The van der Waals surface area contributed by atoms with Crippen molar-refractivity contribution in [2.75, 3.05) is 4.90 Å². The Morgan fingerprint density at radius 1 is 0.933 bits per heavy atom. The molecule has 0 saturated heterocycles. The summed E-state index contributed by atoms with van der Waals surface area (Å²) in [6.45, 7) is 2.04. The summed E-state index contributed by atoms with van der Waals surface area (Å²) in [7, 11) is 0. The molecule has 0 radical (unpaired) electrons. The van der Waals surface area contributed by atoms with Crippen molar-refractivity contribution in [1.82, 2.24) is 0 Å². The van der Waals surface area contributed by atoms with Crippen LogP contribution in [0.4, 0.5) is 5.69 Å². The van der Waals surface area contributed by atoms with Crippen LogP contribution in [0.25, 0.3) is 0 Å². The number of aryl methyl sites for hydroxylation is 1. The van der Waals surface area contributed by atoms with Gasteiger partial charge in [0.1, 0.15) is 0 Å². The number of benzene rings is 3. The quantitative estimate of drug-likeness (QED) is 0.317. The van der Waals surface area contributed by atoms with E-state index < -0.39 is 0 Å². The number of halogens is 2. The predicted molar refractivity (Wildman–Crippen MR) is 129 cm³/mol. The largest absolute Gasteiger partial charge is 0.300 e. The molecule has 1 aliphatic heterocycles. The van der Waals surface area contributed by atoms with Crippen molar-refractivity contribution in [3.8, 4) is 0 Å². The van der Waals surface area contributed by atoms with E-state index in [9.17, 15) is 4.79 Å². The fraction of sp³-hybridized carbons (Fsp3) is 0.192. The third-order valence-corrected chi connectivity index (χ3v) is 7.26. The van der Waals surface area contributed by atoms with Gasteiger partial charge >= 0.3 is 0 Å². The van der Waals surface area contributed by atoms with E-state index in [0.29, 0.717) is 11.8 Å². The summed E-state index contributed by atoms with van der Waals surface area (Å²) >= 11 is 7.18. The van der Waals surface area contributed by atoms with Crippen LogP contribution in [0.1, 0.15) is 45.4 Å². The number of carbonyl (C=O) groups is 1. The Balaban J connectivity index is 1.70. The minimum Gasteiger partial charge on any atom is -0.300 e. The van der Waals surface area contributed by atoms with Crippen LogP contribution in [0.3, 0.4) is 0 Å². The number of carbonyl (C=O) groups excluding carboxylic acids is 1. The first-order valence-electron chi connectivity index (χ1n) is 10.1. The zero-order valence-electron chi connectivity index (χ0n) is 16.6. The number of hydrogen-bond donors (Lipinski definition) is 0. The lowest BCUT2D eigenvalue weighted by Gasteiger charge is -2.44. The Morgan fingerprint density at radius 3 is 2.37 bits per heavy atom. The highest BCUT2D eigenvalue weighted by Gasteiger charge is 2.44. The van der Waals surface area contributed by atoms with E-state index in [-0.39, 0.29) is 11.9 Å². The van der Waals surface area contributed by atoms with Crippen molar-refractivity contribution in [2.45, 2.75) is 25.3 Å². The Hall–Kier alpha value is -2.17. The number of allylic oxidation sites excluding steroid dienone is 2. The summed E-state index contributed by atoms with van der Waals surface area (Å²) in [5.74, 6) is 0.687. The highest BCUT2D eigenvalue weighted by molar-refractivity contribution is 9.10. The van der Waals surface area contributed by atoms with Gasteiger partial charge in [0.15, 0.2) is 0 Å². The third-order valence-electron chi connectivity index (χ3n) is 6.23. The van der Waals surface area contributed by atoms with Gasteiger partial charge in [0.2, 0.25) is 0 Å². The van der Waals surface area contributed by atoms with E-state index in [4.69, 9.17) is 0 Å². The molecule has 4 heteroatoms. The summed E-state index contributed by atoms with van der Waals surface area (Å²) in [4.78, 5) is 15.9. The van der Waals surface area contributed by atoms with Gasteiger partial charge in [0.25, 0.3) is 5.91 Å². The Kier molecular flexibility index (Phi) is 5.16. The first-order valence-corrected chi connectivity index (χ1v) is 11.7. The van der Waals surface area contributed by atoms with E-state index in [0.717, 1.165) is 32.2 Å². The normalized spacial score (nSPS) is 22.0. The molecule has 0 saturated carbocycles. The number of fused-ring (bicyclic) bond motifs is 3. The van der Waals surface area contributed by atoms with Crippen LogP contribution >= 0.6 is 31.9 Å². The fourth-order valence-electron chi connectivity index (χ4n) is 4.81. The van der Waals surface area contributed by atoms with Crippen molar-refractivity contribution in [1.29, 1.82) is 0 Å². The van der Waals surface area contributed by atoms with Gasteiger partial charge in [-0.2, -0.15) is 0 Å². The maximum atomic E-state index is 13.9. The molecule has 2 aliphatic rings. The highest BCUT2D eigenvalue weighted by Crippen LogP contribution is 2.54. The van der Waals surface area contributed by atoms with E-state index in [1.54, 1.807) is 0 Å². The van der Waals surface area contributed by atoms with Gasteiger partial charge in [0, 0.05) is 26.1 Å². The third kappa shape index (κ3) is 3.36. The average Bonchev–Trinajstić information content (AvgIpc) is 3.23. The number of rotatable bonds is 2. The molecular weight excluding hydrogens is 502 g/mol. The minimum atomic E-state index is -0.0134. The van der Waals surface area contributed by atoms with Crippen LogP contribution in [0.5, 0.6) is 0 Å². The summed E-state index contributed by atoms with van der Waals surface area (Å²) in [5.41, 5.74) is 5.27. The van der Waals surface area contributed by atoms with Gasteiger partial charge in [-0.15, -0.1) is 0 Å². The highest BCUT2D eigenvalue weighted by atomic mass is 79.9. The van der Waals surface area contributed by atoms with Gasteiger partial charge < -0.3 is 4.90 Å². The molecule has 3 aromatic rings. The first-order chi connectivity index (χ1) is 14.5. The second kappa shape index (κ2) is 7.82. The molecular formula is C26H21Br2NO. The van der Waals surface area contributed by atoms with Crippen molar-refractivity contribution in [3.05, 3.63) is 110 Å². The summed E-state index contributed by atoms with van der Waals surface area (Å²) < 4.78 is 2.09. The van der Waals surface area contributed by atoms with Crippen LogP contribution in [0.2, 0.25) is 0 Å². The molecule has 0 fully saturated rings. The predicted octanol–water partition coefficient (Wildman–Crippen LogP) is 7.58. The summed E-state index contributed by atoms with van der Waals surface area (Å²) in [5, 5.41) is 0. The second-order valence-electron chi connectivity index (χ2n) is 8.09. The molecule has 0 N–H and O–H groups in total. The number of amides is 1. The van der Waals surface area contributed by atoms with Crippen LogP contribution < -0.4 is 4.90 Å². The molecule has 0 aromatic heterocycles. The van der Waals surface area contributed by atoms with Gasteiger partial charge in [-0.05, 0) is 72.9 Å². The molecule has 150 valence electrons. The number of anilines is 1. The monoisotopic (exact) mass is 521 g/mol. The van der Waals surface area contributed by atoms with Crippen molar-refractivity contribution in [2.24, 2.45) is 5.92 Å². The lowest BCUT2D eigenvalue weighted by Crippen LogP contribution is -2.43. The SMILES string of the molecule is Cc1ccc(C(=O)N2c3ccc(Br)cc3[C@@H]3C=CC[C@H]3[C@H]2c2ccc(Br)cc2)cc1. The standard InChI is InChI=1S/C26H21Br2NO/c1-16-5-7-18(8-6-16)26(30)29-24-14-13-20(28)15-23(24)21-3-2-4-22(21)25(29)17-9-11-19(27)12-10-17/h2-3,5-15,21-22,25H,4H2,1H3/t21-,22-,25-/m1/s1. The Labute approximate surface area is 193 Å². The molecule has 1 heterocycles. The van der Waals surface area contributed by atoms with Crippen molar-refractivity contribution in [3.63, 3.8) is 0 Å². The van der Waals surface area contributed by atoms with Gasteiger partial charge in [-0.1, -0.05) is 73.8 Å². The van der Waals surface area contributed by atoms with Crippen LogP contribution in [-0.4, -0.2) is 5.91 Å². The molecule has 3 aromatic carbocycles. The Bertz CT molecular complexity index is 1130. The smallest absolute Gasteiger partial charge is 0.258 e. The van der Waals surface area contributed by atoms with Crippen LogP contribution in [0, 0.1) is 12.8 Å². The minimum absolute atomic E-state index is 0.0134. The topological polar surface area (TPSA) is 20.3 Å². The molecule has 2 nitrogen and oxygen atoms in total. The summed E-state index contributed by atoms with van der Waals surface area (Å²) in [6.07, 6.45) is 5.55. The molecule has 0 spiro atoms. The van der Waals surface area contributed by atoms with Crippen LogP contribution in [-0.2, 0) is 0 Å². The van der Waals surface area contributed by atoms with E-state index in [2.05, 4.69) is 80.4 Å². The second-order valence-corrected chi connectivity index (χ2v) is 9.93. The Morgan fingerprint density at radius 2 is 1.63 bits per heavy atom. The van der Waals surface area contributed by atoms with E-state index in [1.165, 1.54) is 11.1 Å². The summed E-state index contributed by atoms with van der Waals surface area (Å²) in [6, 6.07) is 22.6. The maximum absolute atomic E-state index is 13.9. The van der Waals surface area contributed by atoms with Crippen molar-refractivity contribution < 1.29 is 4.79 Å². The molecule has 1 amide bonds. The number of nitrogens with zero attached hydrogens (tertiary/aromatic N) is 1. The van der Waals surface area contributed by atoms with Gasteiger partial charge in [0.05, 0.1) is 6.04 Å². The molecule has 5 rings (SSSR count). The van der Waals surface area contributed by atoms with Crippen LogP contribution in [0.15, 0.2) is 87.8 Å². The first kappa shape index (κ1) is 19.8. The molecule has 30 heavy (non-hydrogen) atoms. The zero-order valence-corrected chi connectivity index (χ0v) is 19.7. The van der Waals surface area contributed by atoms with Crippen molar-refractivity contribution >= 4 is 43.5 Å². The fourth-order valence-corrected chi connectivity index (χ4v) is 5.45. The molecule has 3 atom stereocenters. The molecule has 0 bridgehead atoms. The van der Waals surface area contributed by atoms with E-state index >= 15 is 0 Å². The number of hydrogen-bond acceptors (Lipinski definition) is 1.